The molecule has 9 heteroatoms. The van der Waals surface area contributed by atoms with Crippen molar-refractivity contribution in [2.45, 2.75) is 13.1 Å². The Labute approximate surface area is 136 Å². The number of urea groups is 1. The van der Waals surface area contributed by atoms with Gasteiger partial charge in [-0.3, -0.25) is 5.10 Å². The average Bonchev–Trinajstić information content (AvgIpc) is 3.23. The highest BCUT2D eigenvalue weighted by Crippen LogP contribution is 2.19. The number of hydrogen-bond donors (Lipinski definition) is 3. The number of carbonyl (C=O) groups excluding carboxylic acids is 1. The molecular formula is C14H13ClN6O2. The second-order valence-corrected chi connectivity index (χ2v) is 5.08. The van der Waals surface area contributed by atoms with Crippen LogP contribution in [0.4, 0.5) is 4.79 Å². The summed E-state index contributed by atoms with van der Waals surface area (Å²) >= 11 is 5.83. The maximum Gasteiger partial charge on any atom is 0.315 e. The van der Waals surface area contributed by atoms with Crippen molar-refractivity contribution < 1.29 is 9.32 Å². The molecule has 0 bridgehead atoms. The van der Waals surface area contributed by atoms with Crippen LogP contribution in [0.1, 0.15) is 11.5 Å². The van der Waals surface area contributed by atoms with E-state index in [-0.39, 0.29) is 12.6 Å². The fourth-order valence-corrected chi connectivity index (χ4v) is 1.94. The SMILES string of the molecule is O=C(NCc1noc(-c2ccc(Cl)cc2)n1)NCc1ccn[nH]1. The maximum atomic E-state index is 11.7. The summed E-state index contributed by atoms with van der Waals surface area (Å²) in [5.74, 6) is 0.753. The van der Waals surface area contributed by atoms with Crippen LogP contribution < -0.4 is 10.6 Å². The van der Waals surface area contributed by atoms with Crippen LogP contribution in [0.2, 0.25) is 5.02 Å². The van der Waals surface area contributed by atoms with Gasteiger partial charge in [0.1, 0.15) is 0 Å². The van der Waals surface area contributed by atoms with Gasteiger partial charge in [-0.2, -0.15) is 10.1 Å². The Hall–Kier alpha value is -2.87. The van der Waals surface area contributed by atoms with Crippen molar-refractivity contribution in [3.8, 4) is 11.5 Å². The third kappa shape index (κ3) is 4.07. The van der Waals surface area contributed by atoms with E-state index in [9.17, 15) is 4.79 Å². The lowest BCUT2D eigenvalue weighted by atomic mass is 10.2. The predicted octanol–water partition coefficient (Wildman–Crippen LogP) is 2.11. The van der Waals surface area contributed by atoms with E-state index in [1.54, 1.807) is 36.5 Å². The van der Waals surface area contributed by atoms with Gasteiger partial charge in [-0.25, -0.2) is 4.79 Å². The van der Waals surface area contributed by atoms with Crippen molar-refractivity contribution in [3.05, 3.63) is 53.1 Å². The van der Waals surface area contributed by atoms with Crippen LogP contribution in [0.5, 0.6) is 0 Å². The van der Waals surface area contributed by atoms with Crippen molar-refractivity contribution in [1.82, 2.24) is 31.0 Å². The summed E-state index contributed by atoms with van der Waals surface area (Å²) < 4.78 is 5.15. The summed E-state index contributed by atoms with van der Waals surface area (Å²) in [6, 6.07) is 8.48. The van der Waals surface area contributed by atoms with Crippen LogP contribution in [0.25, 0.3) is 11.5 Å². The number of aromatic amines is 1. The van der Waals surface area contributed by atoms with Gasteiger partial charge in [-0.05, 0) is 30.3 Å². The number of aromatic nitrogens is 4. The lowest BCUT2D eigenvalue weighted by Crippen LogP contribution is -2.34. The number of nitrogens with one attached hydrogen (secondary N) is 3. The van der Waals surface area contributed by atoms with Crippen LogP contribution in [0, 0.1) is 0 Å². The molecule has 0 aliphatic carbocycles. The summed E-state index contributed by atoms with van der Waals surface area (Å²) in [5.41, 5.74) is 1.57. The molecule has 118 valence electrons. The van der Waals surface area contributed by atoms with Crippen molar-refractivity contribution in [3.63, 3.8) is 0 Å². The number of carbonyl (C=O) groups is 1. The smallest absolute Gasteiger partial charge is 0.315 e. The van der Waals surface area contributed by atoms with Crippen LogP contribution in [0.15, 0.2) is 41.1 Å². The summed E-state index contributed by atoms with van der Waals surface area (Å²) in [4.78, 5) is 15.9. The van der Waals surface area contributed by atoms with Gasteiger partial charge in [-0.15, -0.1) is 0 Å². The van der Waals surface area contributed by atoms with E-state index in [2.05, 4.69) is 31.0 Å². The lowest BCUT2D eigenvalue weighted by Gasteiger charge is -2.03. The second kappa shape index (κ2) is 6.93. The molecule has 2 amide bonds. The monoisotopic (exact) mass is 332 g/mol. The zero-order valence-electron chi connectivity index (χ0n) is 11.9. The van der Waals surface area contributed by atoms with Gasteiger partial charge in [0, 0.05) is 16.8 Å². The van der Waals surface area contributed by atoms with Gasteiger partial charge in [0.05, 0.1) is 18.8 Å². The van der Waals surface area contributed by atoms with Crippen LogP contribution in [-0.4, -0.2) is 26.4 Å². The molecule has 3 rings (SSSR count). The van der Waals surface area contributed by atoms with Crippen LogP contribution in [0.3, 0.4) is 0 Å². The number of amides is 2. The summed E-state index contributed by atoms with van der Waals surface area (Å²) in [5, 5.41) is 16.3. The standard InChI is InChI=1S/C14H13ClN6O2/c15-10-3-1-9(2-4-10)13-19-12(21-23-13)8-17-14(22)16-7-11-5-6-18-20-11/h1-6H,7-8H2,(H,18,20)(H2,16,17,22). The summed E-state index contributed by atoms with van der Waals surface area (Å²) in [6.45, 7) is 0.514. The largest absolute Gasteiger partial charge is 0.334 e. The first-order chi connectivity index (χ1) is 11.2. The summed E-state index contributed by atoms with van der Waals surface area (Å²) in [7, 11) is 0. The topological polar surface area (TPSA) is 109 Å². The first-order valence-electron chi connectivity index (χ1n) is 6.79. The van der Waals surface area contributed by atoms with Gasteiger partial charge >= 0.3 is 6.03 Å². The fraction of sp³-hybridized carbons (Fsp3) is 0.143. The average molecular weight is 333 g/mol. The van der Waals surface area contributed by atoms with E-state index in [0.29, 0.717) is 23.3 Å². The van der Waals surface area contributed by atoms with Crippen molar-refractivity contribution >= 4 is 17.6 Å². The van der Waals surface area contributed by atoms with Crippen LogP contribution >= 0.6 is 11.6 Å². The fourth-order valence-electron chi connectivity index (χ4n) is 1.82. The lowest BCUT2D eigenvalue weighted by molar-refractivity contribution is 0.239. The highest BCUT2D eigenvalue weighted by Gasteiger charge is 2.10. The molecule has 0 aliphatic heterocycles. The number of benzene rings is 1. The maximum absolute atomic E-state index is 11.7. The normalized spacial score (nSPS) is 10.5. The molecule has 3 N–H and O–H groups in total. The Bertz CT molecular complexity index is 769. The van der Waals surface area contributed by atoms with Crippen molar-refractivity contribution in [2.75, 3.05) is 0 Å². The molecule has 23 heavy (non-hydrogen) atoms. The minimum Gasteiger partial charge on any atom is -0.334 e. The Morgan fingerprint density at radius 1 is 1.17 bits per heavy atom. The molecule has 0 aliphatic rings. The van der Waals surface area contributed by atoms with Crippen molar-refractivity contribution in [1.29, 1.82) is 0 Å². The molecule has 2 aromatic heterocycles. The number of hydrogen-bond acceptors (Lipinski definition) is 5. The molecule has 1 aromatic carbocycles. The highest BCUT2D eigenvalue weighted by atomic mass is 35.5. The Balaban J connectivity index is 1.50. The van der Waals surface area contributed by atoms with E-state index in [1.807, 2.05) is 0 Å². The van der Waals surface area contributed by atoms with Gasteiger partial charge in [0.15, 0.2) is 5.82 Å². The molecule has 0 saturated carbocycles. The minimum atomic E-state index is -0.336. The summed E-state index contributed by atoms with van der Waals surface area (Å²) in [6.07, 6.45) is 1.62. The number of rotatable bonds is 5. The molecule has 2 heterocycles. The quantitative estimate of drug-likeness (QED) is 0.663. The zero-order valence-corrected chi connectivity index (χ0v) is 12.7. The van der Waals surface area contributed by atoms with Gasteiger partial charge < -0.3 is 15.2 Å². The highest BCUT2D eigenvalue weighted by molar-refractivity contribution is 6.30. The van der Waals surface area contributed by atoms with Crippen molar-refractivity contribution in [2.24, 2.45) is 0 Å². The molecule has 3 aromatic rings. The van der Waals surface area contributed by atoms with Gasteiger partial charge in [-0.1, -0.05) is 16.8 Å². The Morgan fingerprint density at radius 2 is 1.96 bits per heavy atom. The van der Waals surface area contributed by atoms with Crippen LogP contribution in [-0.2, 0) is 13.1 Å². The Morgan fingerprint density at radius 3 is 2.70 bits per heavy atom. The third-order valence-electron chi connectivity index (χ3n) is 2.96. The minimum absolute atomic E-state index is 0.159. The molecule has 0 fully saturated rings. The first kappa shape index (κ1) is 15.0. The van der Waals surface area contributed by atoms with E-state index in [1.165, 1.54) is 0 Å². The molecule has 0 unspecified atom stereocenters. The van der Waals surface area contributed by atoms with E-state index in [0.717, 1.165) is 11.3 Å². The molecule has 0 radical (unpaired) electrons. The molecule has 8 nitrogen and oxygen atoms in total. The van der Waals surface area contributed by atoms with Gasteiger partial charge in [0.25, 0.3) is 5.89 Å². The first-order valence-corrected chi connectivity index (χ1v) is 7.17. The van der Waals surface area contributed by atoms with Gasteiger partial charge in [0.2, 0.25) is 0 Å². The molecular weight excluding hydrogens is 320 g/mol. The zero-order chi connectivity index (χ0) is 16.1. The number of nitrogens with zero attached hydrogens (tertiary/aromatic N) is 3. The Kier molecular flexibility index (Phi) is 4.53. The van der Waals surface area contributed by atoms with E-state index < -0.39 is 0 Å². The van der Waals surface area contributed by atoms with E-state index in [4.69, 9.17) is 16.1 Å². The number of H-pyrrole nitrogens is 1. The number of halogens is 1. The molecule has 0 saturated heterocycles. The molecule has 0 atom stereocenters. The third-order valence-corrected chi connectivity index (χ3v) is 3.22. The second-order valence-electron chi connectivity index (χ2n) is 4.64. The predicted molar refractivity (Wildman–Crippen MR) is 82.4 cm³/mol. The van der Waals surface area contributed by atoms with E-state index >= 15 is 0 Å². The molecule has 0 spiro atoms.